The maximum atomic E-state index is 6.40. The summed E-state index contributed by atoms with van der Waals surface area (Å²) in [6.45, 7) is 2.21. The Labute approximate surface area is 102 Å². The molecule has 2 rings (SSSR count). The van der Waals surface area contributed by atoms with Crippen LogP contribution >= 0.6 is 11.3 Å². The van der Waals surface area contributed by atoms with Gasteiger partial charge in [-0.05, 0) is 49.1 Å². The third kappa shape index (κ3) is 2.55. The number of thiophene rings is 1. The quantitative estimate of drug-likeness (QED) is 0.781. The Morgan fingerprint density at radius 2 is 2.25 bits per heavy atom. The molecule has 88 valence electrons. The minimum absolute atomic E-state index is 0.160. The van der Waals surface area contributed by atoms with Crippen molar-refractivity contribution in [1.82, 2.24) is 0 Å². The standard InChI is InChI=1S/C14H21NS/c1-2-11-9-10-16-14(11)13(15)12-7-5-3-4-6-8-12/h7,9-10,13H,2-6,8,15H2,1H3. The van der Waals surface area contributed by atoms with Crippen molar-refractivity contribution in [2.45, 2.75) is 51.5 Å². The Kier molecular flexibility index (Phi) is 4.19. The van der Waals surface area contributed by atoms with Crippen LogP contribution in [0.2, 0.25) is 0 Å². The second-order valence-electron chi connectivity index (χ2n) is 4.52. The van der Waals surface area contributed by atoms with E-state index in [-0.39, 0.29) is 6.04 Å². The Hall–Kier alpha value is -0.600. The van der Waals surface area contributed by atoms with Crippen LogP contribution < -0.4 is 5.73 Å². The van der Waals surface area contributed by atoms with E-state index in [1.165, 1.54) is 48.1 Å². The van der Waals surface area contributed by atoms with Crippen molar-refractivity contribution in [3.05, 3.63) is 33.5 Å². The Morgan fingerprint density at radius 3 is 3.06 bits per heavy atom. The molecule has 2 heteroatoms. The molecule has 0 fully saturated rings. The Morgan fingerprint density at radius 1 is 1.38 bits per heavy atom. The van der Waals surface area contributed by atoms with Gasteiger partial charge < -0.3 is 5.73 Å². The first-order valence-electron chi connectivity index (χ1n) is 6.33. The molecule has 16 heavy (non-hydrogen) atoms. The molecule has 1 aliphatic rings. The third-order valence-electron chi connectivity index (χ3n) is 3.42. The predicted molar refractivity (Wildman–Crippen MR) is 71.8 cm³/mol. The van der Waals surface area contributed by atoms with Crippen molar-refractivity contribution in [3.63, 3.8) is 0 Å². The number of allylic oxidation sites excluding steroid dienone is 1. The summed E-state index contributed by atoms with van der Waals surface area (Å²) in [6, 6.07) is 2.38. The summed E-state index contributed by atoms with van der Waals surface area (Å²) in [7, 11) is 0. The van der Waals surface area contributed by atoms with Crippen molar-refractivity contribution in [1.29, 1.82) is 0 Å². The molecule has 0 saturated heterocycles. The summed E-state index contributed by atoms with van der Waals surface area (Å²) in [5.41, 5.74) is 9.30. The average Bonchev–Trinajstić information content (AvgIpc) is 2.61. The largest absolute Gasteiger partial charge is 0.320 e. The molecular weight excluding hydrogens is 214 g/mol. The molecule has 0 amide bonds. The van der Waals surface area contributed by atoms with Gasteiger partial charge in [-0.1, -0.05) is 25.0 Å². The van der Waals surface area contributed by atoms with E-state index >= 15 is 0 Å². The lowest BCUT2D eigenvalue weighted by atomic mass is 9.98. The maximum Gasteiger partial charge on any atom is 0.0608 e. The Balaban J connectivity index is 2.17. The first-order valence-corrected chi connectivity index (χ1v) is 7.21. The van der Waals surface area contributed by atoms with Crippen LogP contribution in [0.5, 0.6) is 0 Å². The van der Waals surface area contributed by atoms with Crippen LogP contribution in [-0.2, 0) is 6.42 Å². The van der Waals surface area contributed by atoms with Crippen molar-refractivity contribution >= 4 is 11.3 Å². The lowest BCUT2D eigenvalue weighted by Gasteiger charge is -2.15. The minimum atomic E-state index is 0.160. The van der Waals surface area contributed by atoms with Crippen LogP contribution in [0.15, 0.2) is 23.1 Å². The van der Waals surface area contributed by atoms with E-state index in [4.69, 9.17) is 5.73 Å². The van der Waals surface area contributed by atoms with Gasteiger partial charge in [0.2, 0.25) is 0 Å². The topological polar surface area (TPSA) is 26.0 Å². The van der Waals surface area contributed by atoms with Crippen LogP contribution in [0.1, 0.15) is 55.5 Å². The van der Waals surface area contributed by atoms with Crippen molar-refractivity contribution in [2.75, 3.05) is 0 Å². The highest BCUT2D eigenvalue weighted by Crippen LogP contribution is 2.32. The summed E-state index contributed by atoms with van der Waals surface area (Å²) >= 11 is 1.82. The lowest BCUT2D eigenvalue weighted by molar-refractivity contribution is 0.689. The van der Waals surface area contributed by atoms with Crippen LogP contribution in [0, 0.1) is 0 Å². The molecule has 0 saturated carbocycles. The van der Waals surface area contributed by atoms with Gasteiger partial charge in [0.1, 0.15) is 0 Å². The molecule has 0 aliphatic heterocycles. The molecule has 2 N–H and O–H groups in total. The molecule has 1 atom stereocenters. The van der Waals surface area contributed by atoms with E-state index in [2.05, 4.69) is 24.4 Å². The van der Waals surface area contributed by atoms with Gasteiger partial charge in [-0.25, -0.2) is 0 Å². The van der Waals surface area contributed by atoms with Gasteiger partial charge in [-0.2, -0.15) is 0 Å². The number of aryl methyl sites for hydroxylation is 1. The lowest BCUT2D eigenvalue weighted by Crippen LogP contribution is -2.13. The summed E-state index contributed by atoms with van der Waals surface area (Å²) < 4.78 is 0. The van der Waals surface area contributed by atoms with E-state index in [1.54, 1.807) is 0 Å². The average molecular weight is 235 g/mol. The van der Waals surface area contributed by atoms with E-state index in [0.717, 1.165) is 6.42 Å². The first kappa shape index (κ1) is 11.9. The highest BCUT2D eigenvalue weighted by molar-refractivity contribution is 7.10. The summed E-state index contributed by atoms with van der Waals surface area (Å²) in [5, 5.41) is 2.17. The zero-order chi connectivity index (χ0) is 11.4. The molecule has 0 radical (unpaired) electrons. The molecule has 1 unspecified atom stereocenters. The maximum absolute atomic E-state index is 6.40. The molecule has 1 aromatic rings. The van der Waals surface area contributed by atoms with Gasteiger partial charge in [-0.15, -0.1) is 11.3 Å². The van der Waals surface area contributed by atoms with Crippen molar-refractivity contribution in [3.8, 4) is 0 Å². The molecule has 1 aromatic heterocycles. The number of hydrogen-bond acceptors (Lipinski definition) is 2. The van der Waals surface area contributed by atoms with Gasteiger partial charge in [0.05, 0.1) is 6.04 Å². The van der Waals surface area contributed by atoms with Crippen LogP contribution in [0.25, 0.3) is 0 Å². The van der Waals surface area contributed by atoms with Gasteiger partial charge in [-0.3, -0.25) is 0 Å². The monoisotopic (exact) mass is 235 g/mol. The summed E-state index contributed by atoms with van der Waals surface area (Å²) in [4.78, 5) is 1.38. The van der Waals surface area contributed by atoms with E-state index in [1.807, 2.05) is 11.3 Å². The smallest absolute Gasteiger partial charge is 0.0608 e. The van der Waals surface area contributed by atoms with Gasteiger partial charge in [0, 0.05) is 4.88 Å². The molecule has 0 spiro atoms. The molecule has 0 bridgehead atoms. The third-order valence-corrected chi connectivity index (χ3v) is 4.46. The first-order chi connectivity index (χ1) is 7.83. The minimum Gasteiger partial charge on any atom is -0.320 e. The van der Waals surface area contributed by atoms with Gasteiger partial charge in [0.15, 0.2) is 0 Å². The number of hydrogen-bond donors (Lipinski definition) is 1. The van der Waals surface area contributed by atoms with E-state index in [0.29, 0.717) is 0 Å². The molecule has 1 nitrogen and oxygen atoms in total. The highest BCUT2D eigenvalue weighted by atomic mass is 32.1. The number of rotatable bonds is 3. The van der Waals surface area contributed by atoms with Crippen LogP contribution in [-0.4, -0.2) is 0 Å². The van der Waals surface area contributed by atoms with Gasteiger partial charge >= 0.3 is 0 Å². The second-order valence-corrected chi connectivity index (χ2v) is 5.47. The van der Waals surface area contributed by atoms with Crippen LogP contribution in [0.4, 0.5) is 0 Å². The fraction of sp³-hybridized carbons (Fsp3) is 0.571. The fourth-order valence-corrected chi connectivity index (χ4v) is 3.44. The summed E-state index contributed by atoms with van der Waals surface area (Å²) in [6.07, 6.45) is 9.90. The molecule has 1 aliphatic carbocycles. The van der Waals surface area contributed by atoms with Crippen molar-refractivity contribution in [2.24, 2.45) is 5.73 Å². The highest BCUT2D eigenvalue weighted by Gasteiger charge is 2.16. The molecule has 1 heterocycles. The van der Waals surface area contributed by atoms with E-state index in [9.17, 15) is 0 Å². The van der Waals surface area contributed by atoms with Crippen LogP contribution in [0.3, 0.4) is 0 Å². The molecule has 0 aromatic carbocycles. The fourth-order valence-electron chi connectivity index (χ4n) is 2.40. The normalized spacial score (nSPS) is 19.0. The zero-order valence-electron chi connectivity index (χ0n) is 10.0. The van der Waals surface area contributed by atoms with Crippen molar-refractivity contribution < 1.29 is 0 Å². The molecular formula is C14H21NS. The predicted octanol–water partition coefficient (Wildman–Crippen LogP) is 4.20. The number of nitrogens with two attached hydrogens (primary N) is 1. The van der Waals surface area contributed by atoms with Gasteiger partial charge in [0.25, 0.3) is 0 Å². The SMILES string of the molecule is CCc1ccsc1C(N)C1=CCCCCC1. The van der Waals surface area contributed by atoms with E-state index < -0.39 is 0 Å². The summed E-state index contributed by atoms with van der Waals surface area (Å²) in [5.74, 6) is 0. The Bertz CT molecular complexity index is 365. The second kappa shape index (κ2) is 5.65. The zero-order valence-corrected chi connectivity index (χ0v) is 10.9.